The fourth-order valence-corrected chi connectivity index (χ4v) is 5.82. The molecule has 38 heavy (non-hydrogen) atoms. The number of rotatable bonds is 3. The number of nitrogens with one attached hydrogen (secondary N) is 1. The van der Waals surface area contributed by atoms with Crippen molar-refractivity contribution in [1.29, 1.82) is 0 Å². The number of hydrogen-bond donors (Lipinski definition) is 1. The Bertz CT molecular complexity index is 1570. The Morgan fingerprint density at radius 2 is 1.89 bits per heavy atom. The van der Waals surface area contributed by atoms with Gasteiger partial charge in [0.2, 0.25) is 0 Å². The molecule has 4 aromatic rings. The van der Waals surface area contributed by atoms with Crippen molar-refractivity contribution in [2.75, 3.05) is 0 Å². The average molecular weight is 514 g/mol. The number of aromatic nitrogens is 4. The van der Waals surface area contributed by atoms with E-state index in [1.54, 1.807) is 6.33 Å². The number of hydrogen-bond acceptors (Lipinski definition) is 4. The Hall–Kier alpha value is -3.61. The number of fused-ring (bicyclic) bond motifs is 2. The van der Waals surface area contributed by atoms with Crippen LogP contribution in [0.15, 0.2) is 36.8 Å². The van der Waals surface area contributed by atoms with Crippen LogP contribution in [-0.2, 0) is 4.74 Å². The smallest absolute Gasteiger partial charge is 0.411 e. The van der Waals surface area contributed by atoms with E-state index in [1.165, 1.54) is 33.2 Å². The summed E-state index contributed by atoms with van der Waals surface area (Å²) in [6, 6.07) is 6.70. The van der Waals surface area contributed by atoms with E-state index in [0.29, 0.717) is 5.92 Å². The maximum atomic E-state index is 12.9. The van der Waals surface area contributed by atoms with Gasteiger partial charge in [0.1, 0.15) is 11.9 Å². The molecule has 7 heteroatoms. The van der Waals surface area contributed by atoms with Gasteiger partial charge in [-0.25, -0.2) is 4.79 Å². The van der Waals surface area contributed by atoms with Crippen molar-refractivity contribution in [3.05, 3.63) is 59.1 Å². The highest BCUT2D eigenvalue weighted by molar-refractivity contribution is 5.94. The second-order valence-electron chi connectivity index (χ2n) is 12.1. The Kier molecular flexibility index (Phi) is 6.36. The van der Waals surface area contributed by atoms with Crippen molar-refractivity contribution >= 4 is 28.2 Å². The number of carbonyl (C=O) groups excluding carboxylic acids is 1. The van der Waals surface area contributed by atoms with Crippen LogP contribution in [0.4, 0.5) is 4.79 Å². The maximum absolute atomic E-state index is 12.9. The van der Waals surface area contributed by atoms with Crippen LogP contribution < -0.4 is 0 Å². The van der Waals surface area contributed by atoms with Gasteiger partial charge < -0.3 is 9.72 Å². The number of ether oxygens (including phenoxy) is 1. The lowest BCUT2D eigenvalue weighted by atomic mass is 9.89. The van der Waals surface area contributed by atoms with Gasteiger partial charge in [-0.15, -0.1) is 10.2 Å². The van der Waals surface area contributed by atoms with E-state index in [0.717, 1.165) is 28.8 Å². The van der Waals surface area contributed by atoms with Gasteiger partial charge in [-0.05, 0) is 101 Å². The Balaban J connectivity index is 1.57. The van der Waals surface area contributed by atoms with Crippen LogP contribution in [0.25, 0.3) is 33.4 Å². The van der Waals surface area contributed by atoms with Gasteiger partial charge in [-0.2, -0.15) is 0 Å². The van der Waals surface area contributed by atoms with Crippen LogP contribution in [-0.4, -0.2) is 48.3 Å². The molecule has 0 bridgehead atoms. The van der Waals surface area contributed by atoms with Gasteiger partial charge >= 0.3 is 6.09 Å². The van der Waals surface area contributed by atoms with Gasteiger partial charge in [0.05, 0.1) is 11.7 Å². The monoisotopic (exact) mass is 513 g/mol. The minimum Gasteiger partial charge on any atom is -0.444 e. The van der Waals surface area contributed by atoms with Crippen molar-refractivity contribution < 1.29 is 9.53 Å². The summed E-state index contributed by atoms with van der Waals surface area (Å²) < 4.78 is 7.69. The predicted octanol–water partition coefficient (Wildman–Crippen LogP) is 7.42. The molecular weight excluding hydrogens is 474 g/mol. The second kappa shape index (κ2) is 9.29. The van der Waals surface area contributed by atoms with Crippen molar-refractivity contribution in [3.8, 4) is 11.3 Å². The van der Waals surface area contributed by atoms with Crippen molar-refractivity contribution in [2.45, 2.75) is 92.3 Å². The number of pyridine rings is 1. The van der Waals surface area contributed by atoms with Crippen molar-refractivity contribution in [2.24, 2.45) is 0 Å². The molecule has 1 aliphatic heterocycles. The first-order valence-corrected chi connectivity index (χ1v) is 13.5. The molecule has 0 saturated carbocycles. The summed E-state index contributed by atoms with van der Waals surface area (Å²) in [5, 5.41) is 9.64. The SMILES string of the molecule is Cc1c(-c2[nH]c3ccc(C4=CC(C)N(C(=O)OC(C)(C)C)C(C)C4)cc3c2C(C)C)cn2cnnc2c1C. The highest BCUT2D eigenvalue weighted by Gasteiger charge is 2.33. The van der Waals surface area contributed by atoms with E-state index in [-0.39, 0.29) is 18.2 Å². The summed E-state index contributed by atoms with van der Waals surface area (Å²) in [5.41, 5.74) is 9.95. The van der Waals surface area contributed by atoms with Crippen LogP contribution in [0, 0.1) is 13.8 Å². The molecule has 2 atom stereocenters. The molecule has 0 radical (unpaired) electrons. The van der Waals surface area contributed by atoms with E-state index in [2.05, 4.69) is 87.2 Å². The van der Waals surface area contributed by atoms with Gasteiger partial charge in [0.25, 0.3) is 0 Å². The third-order valence-corrected chi connectivity index (χ3v) is 7.68. The topological polar surface area (TPSA) is 75.5 Å². The normalized spacial score (nSPS) is 18.5. The van der Waals surface area contributed by atoms with E-state index < -0.39 is 5.60 Å². The van der Waals surface area contributed by atoms with E-state index >= 15 is 0 Å². The van der Waals surface area contributed by atoms with Crippen LogP contribution >= 0.6 is 0 Å². The third kappa shape index (κ3) is 4.48. The quantitative estimate of drug-likeness (QED) is 0.309. The summed E-state index contributed by atoms with van der Waals surface area (Å²) in [6.45, 7) is 18.7. The minimum absolute atomic E-state index is 0.0445. The molecule has 0 saturated heterocycles. The number of aromatic amines is 1. The number of benzene rings is 1. The van der Waals surface area contributed by atoms with Crippen LogP contribution in [0.2, 0.25) is 0 Å². The number of H-pyrrole nitrogens is 1. The highest BCUT2D eigenvalue weighted by atomic mass is 16.6. The molecule has 0 aliphatic carbocycles. The minimum atomic E-state index is -0.513. The van der Waals surface area contributed by atoms with E-state index in [9.17, 15) is 4.79 Å². The molecule has 7 nitrogen and oxygen atoms in total. The van der Waals surface area contributed by atoms with Crippen molar-refractivity contribution in [1.82, 2.24) is 24.5 Å². The molecule has 0 fully saturated rings. The van der Waals surface area contributed by atoms with Gasteiger partial charge in [0, 0.05) is 28.7 Å². The van der Waals surface area contributed by atoms with Crippen LogP contribution in [0.1, 0.15) is 83.1 Å². The van der Waals surface area contributed by atoms with Gasteiger partial charge in [-0.3, -0.25) is 9.30 Å². The van der Waals surface area contributed by atoms with Crippen LogP contribution in [0.3, 0.4) is 0 Å². The Morgan fingerprint density at radius 1 is 1.16 bits per heavy atom. The molecule has 2 unspecified atom stereocenters. The lowest BCUT2D eigenvalue weighted by molar-refractivity contribution is 0.0123. The second-order valence-corrected chi connectivity index (χ2v) is 12.1. The molecule has 3 aromatic heterocycles. The third-order valence-electron chi connectivity index (χ3n) is 7.68. The predicted molar refractivity (Wildman–Crippen MR) is 153 cm³/mol. The zero-order valence-electron chi connectivity index (χ0n) is 24.0. The lowest BCUT2D eigenvalue weighted by Crippen LogP contribution is -2.48. The highest BCUT2D eigenvalue weighted by Crippen LogP contribution is 2.40. The summed E-state index contributed by atoms with van der Waals surface area (Å²) in [6.07, 6.45) is 6.64. The first-order chi connectivity index (χ1) is 17.9. The standard InChI is InChI=1S/C31H39N5O2/c1-17(2)27-24-14-22(23-12-18(3)36(19(4)13-23)30(37)38-31(7,8)9)10-11-26(24)33-28(27)25-15-35-16-32-34-29(35)21(6)20(25)5/h10-12,14-19,33H,13H2,1-9H3. The molecule has 1 N–H and O–H groups in total. The number of carbonyl (C=O) groups is 1. The maximum Gasteiger partial charge on any atom is 0.411 e. The first-order valence-electron chi connectivity index (χ1n) is 13.5. The molecule has 0 spiro atoms. The van der Waals surface area contributed by atoms with E-state index in [4.69, 9.17) is 4.74 Å². The lowest BCUT2D eigenvalue weighted by Gasteiger charge is -2.38. The fraction of sp³-hybridized carbons (Fsp3) is 0.452. The Labute approximate surface area is 224 Å². The number of amides is 1. The van der Waals surface area contributed by atoms with Crippen molar-refractivity contribution in [3.63, 3.8) is 0 Å². The number of nitrogens with zero attached hydrogens (tertiary/aromatic N) is 4. The summed E-state index contributed by atoms with van der Waals surface area (Å²) >= 11 is 0. The summed E-state index contributed by atoms with van der Waals surface area (Å²) in [5.74, 6) is 0.325. The summed E-state index contributed by atoms with van der Waals surface area (Å²) in [7, 11) is 0. The Morgan fingerprint density at radius 3 is 2.55 bits per heavy atom. The fourth-order valence-electron chi connectivity index (χ4n) is 5.82. The summed E-state index contributed by atoms with van der Waals surface area (Å²) in [4.78, 5) is 18.5. The van der Waals surface area contributed by atoms with Gasteiger partial charge in [-0.1, -0.05) is 26.0 Å². The molecule has 1 aliphatic rings. The molecule has 200 valence electrons. The number of aryl methyl sites for hydroxylation is 1. The van der Waals surface area contributed by atoms with Crippen LogP contribution in [0.5, 0.6) is 0 Å². The molecule has 5 rings (SSSR count). The zero-order valence-corrected chi connectivity index (χ0v) is 24.0. The van der Waals surface area contributed by atoms with E-state index in [1.807, 2.05) is 30.1 Å². The average Bonchev–Trinajstić information content (AvgIpc) is 3.43. The molecule has 1 aromatic carbocycles. The molecule has 1 amide bonds. The molecular formula is C31H39N5O2. The zero-order chi connectivity index (χ0) is 27.5. The molecule has 4 heterocycles. The largest absolute Gasteiger partial charge is 0.444 e. The first kappa shape index (κ1) is 26.0. The van der Waals surface area contributed by atoms with Gasteiger partial charge in [0.15, 0.2) is 5.65 Å².